The van der Waals surface area contributed by atoms with Crippen molar-refractivity contribution in [1.29, 1.82) is 0 Å². The van der Waals surface area contributed by atoms with Crippen molar-refractivity contribution < 1.29 is 4.79 Å². The molecule has 114 valence electrons. The van der Waals surface area contributed by atoms with E-state index in [1.54, 1.807) is 6.08 Å². The topological polar surface area (TPSA) is 29.1 Å². The summed E-state index contributed by atoms with van der Waals surface area (Å²) in [6.45, 7) is 8.19. The number of benzene rings is 2. The zero-order valence-corrected chi connectivity index (χ0v) is 13.7. The van der Waals surface area contributed by atoms with Crippen LogP contribution in [0.25, 0.3) is 6.08 Å². The lowest BCUT2D eigenvalue weighted by Crippen LogP contribution is -2.25. The standard InChI is InChI=1S/C20H23NO/c1-14-6-9-18(10-7-14)11-12-20(22)21-17(4)19-13-15(2)5-8-16(19)3/h5-13,17H,1-4H3,(H,21,22)/b12-11+/t17-/m0/s1. The van der Waals surface area contributed by atoms with Gasteiger partial charge in [-0.1, -0.05) is 53.6 Å². The Balaban J connectivity index is 2.02. The molecular formula is C20H23NO. The van der Waals surface area contributed by atoms with Crippen LogP contribution in [-0.2, 0) is 4.79 Å². The second-order valence-electron chi connectivity index (χ2n) is 5.83. The Labute approximate surface area is 132 Å². The van der Waals surface area contributed by atoms with E-state index in [0.29, 0.717) is 0 Å². The third kappa shape index (κ3) is 4.32. The maximum atomic E-state index is 12.1. The molecule has 0 radical (unpaired) electrons. The first kappa shape index (κ1) is 16.0. The molecule has 1 atom stereocenters. The van der Waals surface area contributed by atoms with E-state index in [1.807, 2.05) is 44.2 Å². The third-order valence-electron chi connectivity index (χ3n) is 3.76. The first-order valence-electron chi connectivity index (χ1n) is 7.58. The molecule has 22 heavy (non-hydrogen) atoms. The smallest absolute Gasteiger partial charge is 0.244 e. The highest BCUT2D eigenvalue weighted by atomic mass is 16.1. The fourth-order valence-corrected chi connectivity index (χ4v) is 2.42. The molecule has 0 fully saturated rings. The predicted molar refractivity (Wildman–Crippen MR) is 92.7 cm³/mol. The van der Waals surface area contributed by atoms with Crippen LogP contribution in [0.3, 0.4) is 0 Å². The summed E-state index contributed by atoms with van der Waals surface area (Å²) in [5.41, 5.74) is 5.81. The number of aryl methyl sites for hydroxylation is 3. The van der Waals surface area contributed by atoms with E-state index in [2.05, 4.69) is 37.4 Å². The van der Waals surface area contributed by atoms with Crippen LogP contribution in [0.15, 0.2) is 48.5 Å². The number of carbonyl (C=O) groups excluding carboxylic acids is 1. The summed E-state index contributed by atoms with van der Waals surface area (Å²) < 4.78 is 0. The summed E-state index contributed by atoms with van der Waals surface area (Å²) in [7, 11) is 0. The molecule has 0 saturated heterocycles. The number of hydrogen-bond acceptors (Lipinski definition) is 1. The van der Waals surface area contributed by atoms with E-state index in [9.17, 15) is 4.79 Å². The maximum Gasteiger partial charge on any atom is 0.244 e. The van der Waals surface area contributed by atoms with Crippen LogP contribution in [0.1, 0.15) is 40.8 Å². The van der Waals surface area contributed by atoms with E-state index in [4.69, 9.17) is 0 Å². The van der Waals surface area contributed by atoms with E-state index < -0.39 is 0 Å². The van der Waals surface area contributed by atoms with Gasteiger partial charge in [-0.05, 0) is 50.5 Å². The molecule has 0 aliphatic rings. The van der Waals surface area contributed by atoms with E-state index in [0.717, 1.165) is 11.1 Å². The minimum atomic E-state index is -0.0750. The zero-order chi connectivity index (χ0) is 16.1. The van der Waals surface area contributed by atoms with Gasteiger partial charge >= 0.3 is 0 Å². The minimum absolute atomic E-state index is 0.00457. The molecule has 1 amide bonds. The number of rotatable bonds is 4. The van der Waals surface area contributed by atoms with Crippen LogP contribution in [0.2, 0.25) is 0 Å². The van der Waals surface area contributed by atoms with Crippen LogP contribution < -0.4 is 5.32 Å². The molecule has 0 aliphatic carbocycles. The largest absolute Gasteiger partial charge is 0.346 e. The van der Waals surface area contributed by atoms with Crippen molar-refractivity contribution in [2.45, 2.75) is 33.7 Å². The molecule has 2 rings (SSSR count). The van der Waals surface area contributed by atoms with Crippen molar-refractivity contribution >= 4 is 12.0 Å². The molecular weight excluding hydrogens is 270 g/mol. The Morgan fingerprint density at radius 3 is 2.32 bits per heavy atom. The van der Waals surface area contributed by atoms with Crippen molar-refractivity contribution in [2.24, 2.45) is 0 Å². The summed E-state index contributed by atoms with van der Waals surface area (Å²) in [6.07, 6.45) is 3.43. The minimum Gasteiger partial charge on any atom is -0.346 e. The highest BCUT2D eigenvalue weighted by molar-refractivity contribution is 5.92. The van der Waals surface area contributed by atoms with Crippen molar-refractivity contribution in [3.8, 4) is 0 Å². The molecule has 0 aromatic heterocycles. The highest BCUT2D eigenvalue weighted by Crippen LogP contribution is 2.18. The van der Waals surface area contributed by atoms with E-state index >= 15 is 0 Å². The van der Waals surface area contributed by atoms with Gasteiger partial charge in [-0.3, -0.25) is 4.79 Å². The molecule has 1 N–H and O–H groups in total. The van der Waals surface area contributed by atoms with E-state index in [-0.39, 0.29) is 11.9 Å². The fraction of sp³-hybridized carbons (Fsp3) is 0.250. The third-order valence-corrected chi connectivity index (χ3v) is 3.76. The monoisotopic (exact) mass is 293 g/mol. The van der Waals surface area contributed by atoms with Crippen molar-refractivity contribution in [1.82, 2.24) is 5.32 Å². The van der Waals surface area contributed by atoms with Gasteiger partial charge in [0.05, 0.1) is 6.04 Å². The second kappa shape index (κ2) is 7.08. The number of amides is 1. The summed E-state index contributed by atoms with van der Waals surface area (Å²) in [5, 5.41) is 3.02. The molecule has 2 aromatic rings. The van der Waals surface area contributed by atoms with Crippen molar-refractivity contribution in [2.75, 3.05) is 0 Å². The van der Waals surface area contributed by atoms with Gasteiger partial charge in [-0.2, -0.15) is 0 Å². The second-order valence-corrected chi connectivity index (χ2v) is 5.83. The lowest BCUT2D eigenvalue weighted by atomic mass is 10.00. The molecule has 0 bridgehead atoms. The van der Waals surface area contributed by atoms with Gasteiger partial charge in [0, 0.05) is 6.08 Å². The Morgan fingerprint density at radius 2 is 1.64 bits per heavy atom. The first-order chi connectivity index (χ1) is 10.5. The molecule has 0 heterocycles. The van der Waals surface area contributed by atoms with Gasteiger partial charge in [-0.25, -0.2) is 0 Å². The lowest BCUT2D eigenvalue weighted by Gasteiger charge is -2.16. The fourth-order valence-electron chi connectivity index (χ4n) is 2.42. The van der Waals surface area contributed by atoms with Gasteiger partial charge in [-0.15, -0.1) is 0 Å². The Kier molecular flexibility index (Phi) is 5.16. The van der Waals surface area contributed by atoms with Crippen LogP contribution in [0.4, 0.5) is 0 Å². The van der Waals surface area contributed by atoms with Gasteiger partial charge < -0.3 is 5.32 Å². The number of nitrogens with one attached hydrogen (secondary N) is 1. The van der Waals surface area contributed by atoms with Crippen LogP contribution in [0.5, 0.6) is 0 Å². The Hall–Kier alpha value is -2.35. The average Bonchev–Trinajstić information content (AvgIpc) is 2.49. The lowest BCUT2D eigenvalue weighted by molar-refractivity contribution is -0.117. The number of hydrogen-bond donors (Lipinski definition) is 1. The number of carbonyl (C=O) groups is 1. The van der Waals surface area contributed by atoms with Crippen molar-refractivity contribution in [3.05, 3.63) is 76.4 Å². The summed E-state index contributed by atoms with van der Waals surface area (Å²) >= 11 is 0. The maximum absolute atomic E-state index is 12.1. The molecule has 2 aromatic carbocycles. The normalized spacial score (nSPS) is 12.4. The average molecular weight is 293 g/mol. The van der Waals surface area contributed by atoms with E-state index in [1.165, 1.54) is 16.7 Å². The van der Waals surface area contributed by atoms with Crippen molar-refractivity contribution in [3.63, 3.8) is 0 Å². The van der Waals surface area contributed by atoms with Gasteiger partial charge in [0.1, 0.15) is 0 Å². The molecule has 0 saturated carbocycles. The molecule has 0 unspecified atom stereocenters. The zero-order valence-electron chi connectivity index (χ0n) is 13.7. The molecule has 2 heteroatoms. The van der Waals surface area contributed by atoms with Crippen LogP contribution >= 0.6 is 0 Å². The highest BCUT2D eigenvalue weighted by Gasteiger charge is 2.10. The van der Waals surface area contributed by atoms with Crippen LogP contribution in [0, 0.1) is 20.8 Å². The van der Waals surface area contributed by atoms with Gasteiger partial charge in [0.15, 0.2) is 0 Å². The quantitative estimate of drug-likeness (QED) is 0.826. The molecule has 0 spiro atoms. The SMILES string of the molecule is Cc1ccc(/C=C/C(=O)N[C@@H](C)c2cc(C)ccc2C)cc1. The summed E-state index contributed by atoms with van der Waals surface area (Å²) in [6, 6.07) is 14.4. The predicted octanol–water partition coefficient (Wildman–Crippen LogP) is 4.50. The summed E-state index contributed by atoms with van der Waals surface area (Å²) in [4.78, 5) is 12.1. The summed E-state index contributed by atoms with van der Waals surface area (Å²) in [5.74, 6) is -0.0750. The Morgan fingerprint density at radius 1 is 1.00 bits per heavy atom. The van der Waals surface area contributed by atoms with Gasteiger partial charge in [0.25, 0.3) is 0 Å². The first-order valence-corrected chi connectivity index (χ1v) is 7.58. The van der Waals surface area contributed by atoms with Crippen LogP contribution in [-0.4, -0.2) is 5.91 Å². The molecule has 2 nitrogen and oxygen atoms in total. The van der Waals surface area contributed by atoms with Gasteiger partial charge in [0.2, 0.25) is 5.91 Å². The molecule has 0 aliphatic heterocycles. The Bertz CT molecular complexity index is 683.